The Kier molecular flexibility index (Phi) is 9.61. The number of guanidine groups is 1. The number of rotatable bonds is 7. The van der Waals surface area contributed by atoms with E-state index in [1.165, 1.54) is 0 Å². The summed E-state index contributed by atoms with van der Waals surface area (Å²) in [6.07, 6.45) is 0.827. The molecule has 3 rings (SSSR count). The Morgan fingerprint density at radius 3 is 2.72 bits per heavy atom. The normalized spacial score (nSPS) is 16.6. The molecule has 174 valence electrons. The topological polar surface area (TPSA) is 84.0 Å². The van der Waals surface area contributed by atoms with Crippen molar-refractivity contribution in [3.8, 4) is 11.5 Å². The third-order valence-corrected chi connectivity index (χ3v) is 5.01. The van der Waals surface area contributed by atoms with E-state index in [-0.39, 0.29) is 48.1 Å². The van der Waals surface area contributed by atoms with Crippen LogP contribution in [0.15, 0.2) is 53.5 Å². The second kappa shape index (κ2) is 11.9. The van der Waals surface area contributed by atoms with E-state index in [0.29, 0.717) is 24.8 Å². The van der Waals surface area contributed by atoms with Crippen LogP contribution in [0, 0.1) is 0 Å². The zero-order valence-electron chi connectivity index (χ0n) is 19.1. The summed E-state index contributed by atoms with van der Waals surface area (Å²) in [5, 5.41) is 9.62. The molecule has 0 aromatic heterocycles. The minimum Gasteiger partial charge on any atom is -0.487 e. The van der Waals surface area contributed by atoms with Crippen LogP contribution in [0.2, 0.25) is 0 Å². The molecule has 3 N–H and O–H groups in total. The Bertz CT molecular complexity index is 933. The maximum atomic E-state index is 11.6. The summed E-state index contributed by atoms with van der Waals surface area (Å²) in [6, 6.07) is 15.9. The Balaban J connectivity index is 0.00000363. The van der Waals surface area contributed by atoms with E-state index < -0.39 is 0 Å². The van der Waals surface area contributed by atoms with Crippen LogP contribution >= 0.6 is 24.0 Å². The molecule has 2 aromatic carbocycles. The van der Waals surface area contributed by atoms with Crippen LogP contribution in [0.25, 0.3) is 0 Å². The van der Waals surface area contributed by atoms with E-state index in [0.717, 1.165) is 23.3 Å². The molecule has 1 aliphatic heterocycles. The van der Waals surface area contributed by atoms with Crippen molar-refractivity contribution in [2.24, 2.45) is 4.99 Å². The molecule has 8 heteroatoms. The Morgan fingerprint density at radius 1 is 1.19 bits per heavy atom. The van der Waals surface area contributed by atoms with E-state index in [1.54, 1.807) is 7.05 Å². The number of hydrogen-bond acceptors (Lipinski definition) is 4. The number of nitrogens with zero attached hydrogens (tertiary/aromatic N) is 1. The Morgan fingerprint density at radius 2 is 1.97 bits per heavy atom. The van der Waals surface area contributed by atoms with Gasteiger partial charge >= 0.3 is 0 Å². The van der Waals surface area contributed by atoms with Gasteiger partial charge in [0.25, 0.3) is 5.91 Å². The smallest absolute Gasteiger partial charge is 0.257 e. The van der Waals surface area contributed by atoms with Crippen molar-refractivity contribution < 1.29 is 14.3 Å². The van der Waals surface area contributed by atoms with E-state index in [2.05, 4.69) is 40.9 Å². The van der Waals surface area contributed by atoms with Crippen LogP contribution in [0.5, 0.6) is 11.5 Å². The first-order chi connectivity index (χ1) is 14.9. The predicted octanol–water partition coefficient (Wildman–Crippen LogP) is 3.79. The highest BCUT2D eigenvalue weighted by atomic mass is 127. The van der Waals surface area contributed by atoms with Crippen molar-refractivity contribution in [3.63, 3.8) is 0 Å². The van der Waals surface area contributed by atoms with Gasteiger partial charge in [-0.2, -0.15) is 0 Å². The van der Waals surface area contributed by atoms with Gasteiger partial charge in [0, 0.05) is 32.1 Å². The van der Waals surface area contributed by atoms with Gasteiger partial charge in [0.1, 0.15) is 17.1 Å². The standard InChI is InChI=1S/C24H32N4O3.HI/c1-5-26-22(29)16-30-18-10-8-9-17(13-18)15-27-23(25-4)28-20-14-24(2,3)31-21-12-7-6-11-19(20)21;/h6-13,20H,5,14-16H2,1-4H3,(H,26,29)(H2,25,27,28);1H. The molecular formula is C24H33IN4O3. The molecule has 0 bridgehead atoms. The third kappa shape index (κ3) is 7.29. The average molecular weight is 552 g/mol. The van der Waals surface area contributed by atoms with Gasteiger partial charge < -0.3 is 25.4 Å². The van der Waals surface area contributed by atoms with Gasteiger partial charge in [-0.1, -0.05) is 30.3 Å². The number of nitrogens with one attached hydrogen (secondary N) is 3. The Labute approximate surface area is 207 Å². The fourth-order valence-electron chi connectivity index (χ4n) is 3.62. The fraction of sp³-hybridized carbons (Fsp3) is 0.417. The minimum atomic E-state index is -0.263. The molecule has 0 saturated heterocycles. The molecule has 0 spiro atoms. The molecule has 1 amide bonds. The molecule has 1 aliphatic rings. The number of amides is 1. The number of likely N-dealkylation sites (N-methyl/N-ethyl adjacent to an activating group) is 1. The van der Waals surface area contributed by atoms with Crippen LogP contribution in [0.4, 0.5) is 0 Å². The van der Waals surface area contributed by atoms with Crippen molar-refractivity contribution >= 4 is 35.8 Å². The lowest BCUT2D eigenvalue weighted by atomic mass is 9.90. The molecule has 7 nitrogen and oxygen atoms in total. The SMILES string of the molecule is CCNC(=O)COc1cccc(CNC(=NC)NC2CC(C)(C)Oc3ccccc32)c1.I. The zero-order valence-corrected chi connectivity index (χ0v) is 21.4. The van der Waals surface area contributed by atoms with Crippen LogP contribution in [0.3, 0.4) is 0 Å². The summed E-state index contributed by atoms with van der Waals surface area (Å²) in [7, 11) is 1.76. The molecule has 32 heavy (non-hydrogen) atoms. The highest BCUT2D eigenvalue weighted by Crippen LogP contribution is 2.39. The zero-order chi connectivity index (χ0) is 22.3. The lowest BCUT2D eigenvalue weighted by molar-refractivity contribution is -0.122. The summed E-state index contributed by atoms with van der Waals surface area (Å²) in [6.45, 7) is 7.25. The molecule has 2 aromatic rings. The van der Waals surface area contributed by atoms with E-state index in [1.807, 2.05) is 49.4 Å². The van der Waals surface area contributed by atoms with Gasteiger partial charge in [-0.05, 0) is 44.5 Å². The average Bonchev–Trinajstić information content (AvgIpc) is 2.75. The number of ether oxygens (including phenoxy) is 2. The van der Waals surface area contributed by atoms with Gasteiger partial charge in [-0.25, -0.2) is 0 Å². The maximum Gasteiger partial charge on any atom is 0.257 e. The summed E-state index contributed by atoms with van der Waals surface area (Å²) >= 11 is 0. The summed E-state index contributed by atoms with van der Waals surface area (Å²) in [5.41, 5.74) is 1.90. The second-order valence-corrected chi connectivity index (χ2v) is 8.12. The summed E-state index contributed by atoms with van der Waals surface area (Å²) in [5.74, 6) is 2.15. The first-order valence-electron chi connectivity index (χ1n) is 10.6. The predicted molar refractivity (Wildman–Crippen MR) is 138 cm³/mol. The van der Waals surface area contributed by atoms with E-state index in [4.69, 9.17) is 9.47 Å². The number of hydrogen-bond donors (Lipinski definition) is 3. The number of aliphatic imine (C=N–C) groups is 1. The monoisotopic (exact) mass is 552 g/mol. The number of carbonyl (C=O) groups excluding carboxylic acids is 1. The largest absolute Gasteiger partial charge is 0.487 e. The Hall–Kier alpha value is -2.49. The van der Waals surface area contributed by atoms with Gasteiger partial charge in [0.2, 0.25) is 0 Å². The highest BCUT2D eigenvalue weighted by Gasteiger charge is 2.33. The van der Waals surface area contributed by atoms with Crippen molar-refractivity contribution in [1.82, 2.24) is 16.0 Å². The molecule has 1 heterocycles. The first-order valence-corrected chi connectivity index (χ1v) is 10.6. The number of fused-ring (bicyclic) bond motifs is 1. The van der Waals surface area contributed by atoms with Crippen molar-refractivity contribution in [2.75, 3.05) is 20.2 Å². The lowest BCUT2D eigenvalue weighted by Gasteiger charge is -2.38. The van der Waals surface area contributed by atoms with Crippen molar-refractivity contribution in [2.45, 2.75) is 45.4 Å². The van der Waals surface area contributed by atoms with Gasteiger partial charge in [-0.3, -0.25) is 9.79 Å². The number of carbonyl (C=O) groups is 1. The summed E-state index contributed by atoms with van der Waals surface area (Å²) < 4.78 is 11.7. The summed E-state index contributed by atoms with van der Waals surface area (Å²) in [4.78, 5) is 16.0. The molecule has 0 fully saturated rings. The molecule has 0 saturated carbocycles. The fourth-order valence-corrected chi connectivity index (χ4v) is 3.62. The van der Waals surface area contributed by atoms with Gasteiger partial charge in [-0.15, -0.1) is 24.0 Å². The quantitative estimate of drug-likeness (QED) is 0.277. The molecule has 1 atom stereocenters. The van der Waals surface area contributed by atoms with E-state index >= 15 is 0 Å². The van der Waals surface area contributed by atoms with Crippen LogP contribution in [-0.4, -0.2) is 37.7 Å². The van der Waals surface area contributed by atoms with Crippen LogP contribution in [-0.2, 0) is 11.3 Å². The van der Waals surface area contributed by atoms with Crippen molar-refractivity contribution in [3.05, 3.63) is 59.7 Å². The molecular weight excluding hydrogens is 519 g/mol. The van der Waals surface area contributed by atoms with E-state index in [9.17, 15) is 4.79 Å². The number of benzene rings is 2. The van der Waals surface area contributed by atoms with Gasteiger partial charge in [0.15, 0.2) is 12.6 Å². The third-order valence-electron chi connectivity index (χ3n) is 5.01. The second-order valence-electron chi connectivity index (χ2n) is 8.12. The molecule has 0 radical (unpaired) electrons. The van der Waals surface area contributed by atoms with Crippen LogP contribution < -0.4 is 25.4 Å². The van der Waals surface area contributed by atoms with Crippen LogP contribution in [0.1, 0.15) is 44.4 Å². The highest BCUT2D eigenvalue weighted by molar-refractivity contribution is 14.0. The molecule has 1 unspecified atom stereocenters. The lowest BCUT2D eigenvalue weighted by Crippen LogP contribution is -2.45. The first kappa shape index (κ1) is 25.8. The molecule has 0 aliphatic carbocycles. The maximum absolute atomic E-state index is 11.6. The van der Waals surface area contributed by atoms with Crippen molar-refractivity contribution in [1.29, 1.82) is 0 Å². The van der Waals surface area contributed by atoms with Gasteiger partial charge in [0.05, 0.1) is 6.04 Å². The number of para-hydroxylation sites is 1. The minimum absolute atomic E-state index is 0. The number of halogens is 1.